The number of carbonyl (C=O) groups is 2. The molecule has 0 fully saturated rings. The zero-order chi connectivity index (χ0) is 13.0. The molecule has 0 rings (SSSR count). The molecule has 0 heterocycles. The van der Waals surface area contributed by atoms with Gasteiger partial charge < -0.3 is 10.1 Å². The van der Waals surface area contributed by atoms with Crippen molar-refractivity contribution in [3.8, 4) is 0 Å². The van der Waals surface area contributed by atoms with Crippen LogP contribution in [0.25, 0.3) is 0 Å². The molecule has 0 spiro atoms. The van der Waals surface area contributed by atoms with E-state index in [4.69, 9.17) is 4.74 Å². The molecule has 0 saturated carbocycles. The van der Waals surface area contributed by atoms with Gasteiger partial charge in [0.1, 0.15) is 0 Å². The minimum Gasteiger partial charge on any atom is -0.466 e. The summed E-state index contributed by atoms with van der Waals surface area (Å²) in [6.45, 7) is 10.8. The number of nitrogens with one attached hydrogen (secondary N) is 1. The van der Waals surface area contributed by atoms with E-state index in [9.17, 15) is 9.59 Å². The van der Waals surface area contributed by atoms with Crippen LogP contribution in [0.5, 0.6) is 0 Å². The predicted molar refractivity (Wildman–Crippen MR) is 65.1 cm³/mol. The normalized spacial score (nSPS) is 9.12. The van der Waals surface area contributed by atoms with Gasteiger partial charge in [0.15, 0.2) is 0 Å². The van der Waals surface area contributed by atoms with Gasteiger partial charge in [-0.1, -0.05) is 27.7 Å². The molecule has 0 saturated heterocycles. The van der Waals surface area contributed by atoms with Gasteiger partial charge >= 0.3 is 5.97 Å². The fourth-order valence-corrected chi connectivity index (χ4v) is 0.855. The first-order valence-corrected chi connectivity index (χ1v) is 5.98. The molecule has 1 amide bonds. The molecule has 4 heteroatoms. The van der Waals surface area contributed by atoms with Gasteiger partial charge in [-0.25, -0.2) is 0 Å². The van der Waals surface area contributed by atoms with Crippen LogP contribution in [0.4, 0.5) is 0 Å². The zero-order valence-electron chi connectivity index (χ0n) is 11.1. The van der Waals surface area contributed by atoms with Crippen molar-refractivity contribution in [2.24, 2.45) is 5.92 Å². The van der Waals surface area contributed by atoms with Crippen molar-refractivity contribution in [3.05, 3.63) is 0 Å². The molecule has 0 bridgehead atoms. The smallest absolute Gasteiger partial charge is 0.306 e. The van der Waals surface area contributed by atoms with Crippen molar-refractivity contribution in [3.63, 3.8) is 0 Å². The lowest BCUT2D eigenvalue weighted by Gasteiger charge is -2.06. The molecule has 0 aromatic rings. The van der Waals surface area contributed by atoms with Crippen LogP contribution in [0.2, 0.25) is 0 Å². The number of hydrogen-bond donors (Lipinski definition) is 1. The highest BCUT2D eigenvalue weighted by molar-refractivity contribution is 5.81. The van der Waals surface area contributed by atoms with E-state index in [0.717, 1.165) is 0 Å². The largest absolute Gasteiger partial charge is 0.466 e. The summed E-state index contributed by atoms with van der Waals surface area (Å²) in [5.74, 6) is 0.0282. The summed E-state index contributed by atoms with van der Waals surface area (Å²) in [6.07, 6.45) is 0.378. The minimum absolute atomic E-state index is 0.0910. The van der Waals surface area contributed by atoms with Gasteiger partial charge in [0.2, 0.25) is 5.91 Å². The third kappa shape index (κ3) is 12.9. The number of rotatable bonds is 6. The molecule has 0 aromatic carbocycles. The van der Waals surface area contributed by atoms with Crippen molar-refractivity contribution >= 4 is 11.9 Å². The lowest BCUT2D eigenvalue weighted by molar-refractivity contribution is -0.144. The maximum absolute atomic E-state index is 11.1. The molecular formula is C12H25NO3. The third-order valence-corrected chi connectivity index (χ3v) is 1.57. The van der Waals surface area contributed by atoms with Crippen LogP contribution in [0, 0.1) is 5.92 Å². The van der Waals surface area contributed by atoms with Gasteiger partial charge in [0.25, 0.3) is 0 Å². The summed E-state index contributed by atoms with van der Waals surface area (Å²) in [7, 11) is 0. The molecule has 1 N–H and O–H groups in total. The zero-order valence-corrected chi connectivity index (χ0v) is 11.1. The van der Waals surface area contributed by atoms with Gasteiger partial charge in [-0.15, -0.1) is 0 Å². The molecule has 0 aliphatic heterocycles. The maximum atomic E-state index is 11.1. The molecule has 96 valence electrons. The van der Waals surface area contributed by atoms with Crippen LogP contribution in [0.15, 0.2) is 0 Å². The van der Waals surface area contributed by atoms with Crippen LogP contribution in [-0.4, -0.2) is 25.0 Å². The quantitative estimate of drug-likeness (QED) is 0.712. The van der Waals surface area contributed by atoms with Crippen LogP contribution in [0.1, 0.15) is 47.5 Å². The highest BCUT2D eigenvalue weighted by Crippen LogP contribution is 1.94. The number of ether oxygens (including phenoxy) is 1. The Bertz CT molecular complexity index is 191. The minimum atomic E-state index is -0.313. The van der Waals surface area contributed by atoms with Gasteiger partial charge in [-0.3, -0.25) is 9.59 Å². The molecule has 0 aliphatic carbocycles. The molecule has 4 nitrogen and oxygen atoms in total. The first-order valence-electron chi connectivity index (χ1n) is 5.98. The fourth-order valence-electron chi connectivity index (χ4n) is 0.855. The van der Waals surface area contributed by atoms with E-state index < -0.39 is 0 Å². The molecule has 0 radical (unpaired) electrons. The lowest BCUT2D eigenvalue weighted by atomic mass is 10.2. The summed E-state index contributed by atoms with van der Waals surface area (Å²) < 4.78 is 4.70. The van der Waals surface area contributed by atoms with E-state index in [0.29, 0.717) is 19.1 Å². The second-order valence-electron chi connectivity index (χ2n) is 3.50. The molecule has 0 atom stereocenters. The van der Waals surface area contributed by atoms with E-state index in [1.807, 2.05) is 27.7 Å². The van der Waals surface area contributed by atoms with Crippen LogP contribution in [0.3, 0.4) is 0 Å². The summed E-state index contributed by atoms with van der Waals surface area (Å²) in [5, 5.41) is 2.73. The maximum Gasteiger partial charge on any atom is 0.306 e. The standard InChI is InChI=1S/C10H19NO3.C2H6/c1-4-14-10(13)6-5-9(12)11-7-8(2)3;1-2/h8H,4-7H2,1-3H3,(H,11,12);1-2H3. The topological polar surface area (TPSA) is 55.4 Å². The Balaban J connectivity index is 0. The van der Waals surface area contributed by atoms with Gasteiger partial charge in [0.05, 0.1) is 13.0 Å². The van der Waals surface area contributed by atoms with E-state index in [2.05, 4.69) is 5.32 Å². The van der Waals surface area contributed by atoms with E-state index in [-0.39, 0.29) is 24.7 Å². The van der Waals surface area contributed by atoms with Crippen LogP contribution >= 0.6 is 0 Å². The molecule has 0 aliphatic rings. The van der Waals surface area contributed by atoms with Crippen molar-refractivity contribution in [1.29, 1.82) is 0 Å². The molecule has 0 aromatic heterocycles. The van der Waals surface area contributed by atoms with Gasteiger partial charge in [-0.2, -0.15) is 0 Å². The predicted octanol–water partition coefficient (Wildman–Crippen LogP) is 2.13. The first-order chi connectivity index (χ1) is 7.56. The number of esters is 1. The van der Waals surface area contributed by atoms with E-state index >= 15 is 0 Å². The fraction of sp³-hybridized carbons (Fsp3) is 0.833. The number of amides is 1. The number of carbonyl (C=O) groups excluding carboxylic acids is 2. The third-order valence-electron chi connectivity index (χ3n) is 1.57. The summed E-state index contributed by atoms with van der Waals surface area (Å²) in [6, 6.07) is 0. The molecule has 0 unspecified atom stereocenters. The van der Waals surface area contributed by atoms with Gasteiger partial charge in [0, 0.05) is 13.0 Å². The molecular weight excluding hydrogens is 206 g/mol. The van der Waals surface area contributed by atoms with Crippen LogP contribution < -0.4 is 5.32 Å². The Kier molecular flexibility index (Phi) is 13.0. The summed E-state index contributed by atoms with van der Waals surface area (Å²) >= 11 is 0. The van der Waals surface area contributed by atoms with Crippen LogP contribution in [-0.2, 0) is 14.3 Å². The van der Waals surface area contributed by atoms with Crippen molar-refractivity contribution < 1.29 is 14.3 Å². The SMILES string of the molecule is CC.CCOC(=O)CCC(=O)NCC(C)C. The van der Waals surface area contributed by atoms with E-state index in [1.54, 1.807) is 6.92 Å². The highest BCUT2D eigenvalue weighted by atomic mass is 16.5. The Morgan fingerprint density at radius 1 is 1.19 bits per heavy atom. The average Bonchev–Trinajstić information content (AvgIpc) is 2.26. The number of hydrogen-bond acceptors (Lipinski definition) is 3. The summed E-state index contributed by atoms with van der Waals surface area (Å²) in [4.78, 5) is 22.0. The Morgan fingerprint density at radius 2 is 1.75 bits per heavy atom. The Labute approximate surface area is 98.7 Å². The second-order valence-corrected chi connectivity index (χ2v) is 3.50. The Hall–Kier alpha value is -1.06. The van der Waals surface area contributed by atoms with E-state index in [1.165, 1.54) is 0 Å². The van der Waals surface area contributed by atoms with Crippen molar-refractivity contribution in [2.75, 3.05) is 13.2 Å². The molecule has 16 heavy (non-hydrogen) atoms. The second kappa shape index (κ2) is 12.0. The lowest BCUT2D eigenvalue weighted by Crippen LogP contribution is -2.27. The first kappa shape index (κ1) is 17.3. The summed E-state index contributed by atoms with van der Waals surface area (Å²) in [5.41, 5.74) is 0. The Morgan fingerprint density at radius 3 is 2.19 bits per heavy atom. The highest BCUT2D eigenvalue weighted by Gasteiger charge is 2.07. The van der Waals surface area contributed by atoms with Crippen molar-refractivity contribution in [1.82, 2.24) is 5.32 Å². The van der Waals surface area contributed by atoms with Crippen molar-refractivity contribution in [2.45, 2.75) is 47.5 Å². The monoisotopic (exact) mass is 231 g/mol. The average molecular weight is 231 g/mol. The van der Waals surface area contributed by atoms with Gasteiger partial charge in [-0.05, 0) is 12.8 Å².